The second-order valence-corrected chi connectivity index (χ2v) is 6.76. The molecule has 1 N–H and O–H groups in total. The first-order valence-electron chi connectivity index (χ1n) is 7.29. The van der Waals surface area contributed by atoms with Crippen molar-refractivity contribution in [2.45, 2.75) is 24.3 Å². The fraction of sp³-hybridized carbons (Fsp3) is 0.562. The maximum Gasteiger partial charge on any atom is 0.235 e. The Bertz CT molecular complexity index is 430. The zero-order valence-corrected chi connectivity index (χ0v) is 14.4. The van der Waals surface area contributed by atoms with Gasteiger partial charge in [-0.2, -0.15) is 0 Å². The molecule has 1 aliphatic rings. The topological polar surface area (TPSA) is 32.3 Å². The smallest absolute Gasteiger partial charge is 0.235 e. The predicted octanol–water partition coefficient (Wildman–Crippen LogP) is 2.80. The summed E-state index contributed by atoms with van der Waals surface area (Å²) in [5.74, 6) is 1.82. The highest BCUT2D eigenvalue weighted by atomic mass is 35.5. The Kier molecular flexibility index (Phi) is 8.15. The highest BCUT2D eigenvalue weighted by molar-refractivity contribution is 7.99. The summed E-state index contributed by atoms with van der Waals surface area (Å²) in [6, 6.07) is 10.3. The van der Waals surface area contributed by atoms with Gasteiger partial charge >= 0.3 is 0 Å². The van der Waals surface area contributed by atoms with Crippen LogP contribution in [0.1, 0.15) is 18.9 Å². The van der Waals surface area contributed by atoms with Crippen LogP contribution in [-0.4, -0.2) is 42.7 Å². The average molecular weight is 329 g/mol. The number of thioether (sulfide) groups is 1. The molecule has 2 rings (SSSR count). The summed E-state index contributed by atoms with van der Waals surface area (Å²) in [6.07, 6.45) is 1.13. The van der Waals surface area contributed by atoms with E-state index in [0.29, 0.717) is 11.8 Å². The number of nitrogens with zero attached hydrogens (tertiary/aromatic N) is 1. The van der Waals surface area contributed by atoms with Crippen LogP contribution in [0.15, 0.2) is 30.3 Å². The van der Waals surface area contributed by atoms with Crippen LogP contribution in [0.5, 0.6) is 0 Å². The lowest BCUT2D eigenvalue weighted by Gasteiger charge is -2.20. The van der Waals surface area contributed by atoms with E-state index in [1.54, 1.807) is 11.8 Å². The van der Waals surface area contributed by atoms with E-state index in [9.17, 15) is 4.79 Å². The van der Waals surface area contributed by atoms with Crippen molar-refractivity contribution >= 4 is 30.1 Å². The molecule has 0 aromatic heterocycles. The van der Waals surface area contributed by atoms with E-state index >= 15 is 0 Å². The van der Waals surface area contributed by atoms with E-state index in [2.05, 4.69) is 17.4 Å². The standard InChI is InChI=1S/C16H24N2OS.ClH/c1-13(20-12-14-6-4-3-5-7-14)16(19)18-9-8-15(11-18)10-17-2;/h3-7,13,15,17H,8-12H2,1-2H3;1H. The number of rotatable bonds is 6. The first-order valence-corrected chi connectivity index (χ1v) is 8.34. The molecule has 0 bridgehead atoms. The second-order valence-electron chi connectivity index (χ2n) is 5.44. The first kappa shape index (κ1) is 18.3. The molecule has 1 fully saturated rings. The maximum atomic E-state index is 12.4. The van der Waals surface area contributed by atoms with Gasteiger partial charge in [-0.05, 0) is 38.4 Å². The number of benzene rings is 1. The van der Waals surface area contributed by atoms with Gasteiger partial charge in [0.2, 0.25) is 5.91 Å². The third kappa shape index (κ3) is 5.53. The van der Waals surface area contributed by atoms with Crippen molar-refractivity contribution in [3.8, 4) is 0 Å². The highest BCUT2D eigenvalue weighted by Crippen LogP contribution is 2.23. The number of amides is 1. The van der Waals surface area contributed by atoms with Crippen LogP contribution in [0.3, 0.4) is 0 Å². The summed E-state index contributed by atoms with van der Waals surface area (Å²) in [6.45, 7) is 4.87. The largest absolute Gasteiger partial charge is 0.341 e. The molecule has 0 spiro atoms. The molecule has 1 aromatic rings. The van der Waals surface area contributed by atoms with Crippen molar-refractivity contribution < 1.29 is 4.79 Å². The Morgan fingerprint density at radius 1 is 1.43 bits per heavy atom. The van der Waals surface area contributed by atoms with Gasteiger partial charge in [0, 0.05) is 18.8 Å². The number of carbonyl (C=O) groups excluding carboxylic acids is 1. The van der Waals surface area contributed by atoms with E-state index in [-0.39, 0.29) is 17.7 Å². The summed E-state index contributed by atoms with van der Waals surface area (Å²) < 4.78 is 0. The van der Waals surface area contributed by atoms with Crippen molar-refractivity contribution in [2.75, 3.05) is 26.7 Å². The SMILES string of the molecule is CNCC1CCN(C(=O)C(C)SCc2ccccc2)C1.Cl. The zero-order valence-electron chi connectivity index (χ0n) is 12.7. The van der Waals surface area contributed by atoms with Gasteiger partial charge in [-0.1, -0.05) is 30.3 Å². The minimum absolute atomic E-state index is 0. The predicted molar refractivity (Wildman–Crippen MR) is 93.1 cm³/mol. The van der Waals surface area contributed by atoms with Gasteiger partial charge in [-0.15, -0.1) is 24.2 Å². The molecular weight excluding hydrogens is 304 g/mol. The van der Waals surface area contributed by atoms with Gasteiger partial charge in [-0.25, -0.2) is 0 Å². The minimum atomic E-state index is 0. The Hall–Kier alpha value is -0.710. The number of hydrogen-bond donors (Lipinski definition) is 1. The molecule has 1 heterocycles. The molecule has 1 saturated heterocycles. The van der Waals surface area contributed by atoms with Gasteiger partial charge in [0.15, 0.2) is 0 Å². The molecule has 5 heteroatoms. The van der Waals surface area contributed by atoms with Crippen LogP contribution >= 0.6 is 24.2 Å². The van der Waals surface area contributed by atoms with E-state index in [1.807, 2.05) is 37.1 Å². The van der Waals surface area contributed by atoms with Crippen LogP contribution < -0.4 is 5.32 Å². The lowest BCUT2D eigenvalue weighted by Crippen LogP contribution is -2.35. The summed E-state index contributed by atoms with van der Waals surface area (Å²) in [5, 5.41) is 3.25. The van der Waals surface area contributed by atoms with Crippen molar-refractivity contribution in [1.29, 1.82) is 0 Å². The summed E-state index contributed by atoms with van der Waals surface area (Å²) >= 11 is 1.73. The van der Waals surface area contributed by atoms with Gasteiger partial charge in [0.1, 0.15) is 0 Å². The zero-order chi connectivity index (χ0) is 14.4. The van der Waals surface area contributed by atoms with Gasteiger partial charge in [-0.3, -0.25) is 4.79 Å². The molecule has 2 atom stereocenters. The third-order valence-electron chi connectivity index (χ3n) is 3.78. The molecule has 0 saturated carbocycles. The van der Waals surface area contributed by atoms with E-state index in [4.69, 9.17) is 0 Å². The number of likely N-dealkylation sites (tertiary alicyclic amines) is 1. The van der Waals surface area contributed by atoms with Crippen LogP contribution in [0.4, 0.5) is 0 Å². The Morgan fingerprint density at radius 2 is 2.14 bits per heavy atom. The molecule has 0 radical (unpaired) electrons. The van der Waals surface area contributed by atoms with Crippen molar-refractivity contribution in [3.63, 3.8) is 0 Å². The Morgan fingerprint density at radius 3 is 2.81 bits per heavy atom. The minimum Gasteiger partial charge on any atom is -0.341 e. The number of nitrogens with one attached hydrogen (secondary N) is 1. The monoisotopic (exact) mass is 328 g/mol. The quantitative estimate of drug-likeness (QED) is 0.871. The molecule has 1 amide bonds. The lowest BCUT2D eigenvalue weighted by atomic mass is 10.1. The Labute approximate surface area is 138 Å². The van der Waals surface area contributed by atoms with Crippen LogP contribution in [0.2, 0.25) is 0 Å². The lowest BCUT2D eigenvalue weighted by molar-refractivity contribution is -0.129. The summed E-state index contributed by atoms with van der Waals surface area (Å²) in [5.41, 5.74) is 1.28. The third-order valence-corrected chi connectivity index (χ3v) is 4.98. The van der Waals surface area contributed by atoms with Crippen molar-refractivity contribution in [3.05, 3.63) is 35.9 Å². The fourth-order valence-corrected chi connectivity index (χ4v) is 3.54. The van der Waals surface area contributed by atoms with E-state index in [0.717, 1.165) is 31.8 Å². The fourth-order valence-electron chi connectivity index (χ4n) is 2.61. The Balaban J connectivity index is 0.00000220. The van der Waals surface area contributed by atoms with Gasteiger partial charge < -0.3 is 10.2 Å². The number of hydrogen-bond acceptors (Lipinski definition) is 3. The van der Waals surface area contributed by atoms with Crippen LogP contribution in [-0.2, 0) is 10.5 Å². The van der Waals surface area contributed by atoms with Crippen molar-refractivity contribution in [1.82, 2.24) is 10.2 Å². The van der Waals surface area contributed by atoms with Gasteiger partial charge in [0.05, 0.1) is 5.25 Å². The molecule has 1 aliphatic heterocycles. The number of carbonyl (C=O) groups is 1. The molecule has 0 aliphatic carbocycles. The van der Waals surface area contributed by atoms with Gasteiger partial charge in [0.25, 0.3) is 0 Å². The maximum absolute atomic E-state index is 12.4. The summed E-state index contributed by atoms with van der Waals surface area (Å²) in [7, 11) is 1.98. The normalized spacial score (nSPS) is 19.1. The van der Waals surface area contributed by atoms with Crippen LogP contribution in [0, 0.1) is 5.92 Å². The van der Waals surface area contributed by atoms with Crippen LogP contribution in [0.25, 0.3) is 0 Å². The van der Waals surface area contributed by atoms with E-state index < -0.39 is 0 Å². The molecular formula is C16H25ClN2OS. The molecule has 2 unspecified atom stereocenters. The van der Waals surface area contributed by atoms with Crippen molar-refractivity contribution in [2.24, 2.45) is 5.92 Å². The molecule has 21 heavy (non-hydrogen) atoms. The summed E-state index contributed by atoms with van der Waals surface area (Å²) in [4.78, 5) is 14.4. The molecule has 3 nitrogen and oxygen atoms in total. The van der Waals surface area contributed by atoms with E-state index in [1.165, 1.54) is 5.56 Å². The average Bonchev–Trinajstić information content (AvgIpc) is 2.94. The number of halogens is 1. The first-order chi connectivity index (χ1) is 9.70. The molecule has 1 aromatic carbocycles. The second kappa shape index (κ2) is 9.34. The molecule has 118 valence electrons. The highest BCUT2D eigenvalue weighted by Gasteiger charge is 2.28.